The smallest absolute Gasteiger partial charge is 0.259 e. The number of ether oxygens (including phenoxy) is 2. The Morgan fingerprint density at radius 1 is 1.14 bits per heavy atom. The molecule has 0 spiro atoms. The maximum atomic E-state index is 14.1. The maximum Gasteiger partial charge on any atom is 0.259 e. The Hall–Kier alpha value is -2.60. The van der Waals surface area contributed by atoms with Crippen molar-refractivity contribution in [3.05, 3.63) is 53.3 Å². The second kappa shape index (κ2) is 8.41. The number of carbonyl (C=O) groups is 1. The molecular formula is C23H27FN2O3. The molecule has 2 heterocycles. The SMILES string of the molecule is COc1ccc(N2Cc3c(F)cccc3C2=O)cc1OCCN1CCC(C)CC1. The van der Waals surface area contributed by atoms with Gasteiger partial charge in [0.25, 0.3) is 5.91 Å². The Morgan fingerprint density at radius 2 is 1.93 bits per heavy atom. The molecule has 6 heteroatoms. The minimum Gasteiger partial charge on any atom is -0.493 e. The van der Waals surface area contributed by atoms with Crippen molar-refractivity contribution in [2.45, 2.75) is 26.3 Å². The fourth-order valence-electron chi connectivity index (χ4n) is 4.02. The topological polar surface area (TPSA) is 42.0 Å². The predicted octanol–water partition coefficient (Wildman–Crippen LogP) is 4.11. The van der Waals surface area contributed by atoms with E-state index in [1.165, 1.54) is 18.9 Å². The molecule has 0 atom stereocenters. The zero-order valence-corrected chi connectivity index (χ0v) is 17.0. The maximum absolute atomic E-state index is 14.1. The lowest BCUT2D eigenvalue weighted by molar-refractivity contribution is 0.0996. The van der Waals surface area contributed by atoms with Gasteiger partial charge < -0.3 is 14.4 Å². The van der Waals surface area contributed by atoms with Gasteiger partial charge in [0.15, 0.2) is 11.5 Å². The van der Waals surface area contributed by atoms with Crippen molar-refractivity contribution < 1.29 is 18.7 Å². The molecule has 0 bridgehead atoms. The molecule has 154 valence electrons. The number of piperidine rings is 1. The fourth-order valence-corrected chi connectivity index (χ4v) is 4.02. The summed E-state index contributed by atoms with van der Waals surface area (Å²) < 4.78 is 25.5. The molecule has 0 saturated carbocycles. The molecule has 29 heavy (non-hydrogen) atoms. The van der Waals surface area contributed by atoms with E-state index in [0.29, 0.717) is 34.9 Å². The predicted molar refractivity (Wildman–Crippen MR) is 110 cm³/mol. The second-order valence-electron chi connectivity index (χ2n) is 7.87. The molecule has 0 unspecified atom stereocenters. The van der Waals surface area contributed by atoms with E-state index in [0.717, 1.165) is 25.6 Å². The van der Waals surface area contributed by atoms with Gasteiger partial charge in [-0.1, -0.05) is 13.0 Å². The van der Waals surface area contributed by atoms with Crippen molar-refractivity contribution >= 4 is 11.6 Å². The molecule has 1 fully saturated rings. The van der Waals surface area contributed by atoms with Crippen molar-refractivity contribution in [3.63, 3.8) is 0 Å². The quantitative estimate of drug-likeness (QED) is 0.735. The van der Waals surface area contributed by atoms with E-state index in [9.17, 15) is 9.18 Å². The van der Waals surface area contributed by atoms with Crippen molar-refractivity contribution in [3.8, 4) is 11.5 Å². The number of fused-ring (bicyclic) bond motifs is 1. The molecule has 5 nitrogen and oxygen atoms in total. The first-order valence-electron chi connectivity index (χ1n) is 10.2. The lowest BCUT2D eigenvalue weighted by Crippen LogP contribution is -2.35. The summed E-state index contributed by atoms with van der Waals surface area (Å²) in [6.07, 6.45) is 2.46. The summed E-state index contributed by atoms with van der Waals surface area (Å²) in [7, 11) is 1.60. The Morgan fingerprint density at radius 3 is 2.66 bits per heavy atom. The van der Waals surface area contributed by atoms with Crippen LogP contribution in [0.3, 0.4) is 0 Å². The average Bonchev–Trinajstić information content (AvgIpc) is 3.07. The number of anilines is 1. The van der Waals surface area contributed by atoms with Crippen LogP contribution >= 0.6 is 0 Å². The van der Waals surface area contributed by atoms with Crippen LogP contribution in [0, 0.1) is 11.7 Å². The Kier molecular flexibility index (Phi) is 5.72. The lowest BCUT2D eigenvalue weighted by atomic mass is 9.99. The van der Waals surface area contributed by atoms with Crippen LogP contribution in [-0.2, 0) is 6.54 Å². The van der Waals surface area contributed by atoms with Crippen LogP contribution in [0.5, 0.6) is 11.5 Å². The zero-order chi connectivity index (χ0) is 20.4. The summed E-state index contributed by atoms with van der Waals surface area (Å²) in [5, 5.41) is 0. The van der Waals surface area contributed by atoms with E-state index in [-0.39, 0.29) is 18.3 Å². The molecular weight excluding hydrogens is 371 g/mol. The fraction of sp³-hybridized carbons (Fsp3) is 0.435. The zero-order valence-electron chi connectivity index (χ0n) is 17.0. The summed E-state index contributed by atoms with van der Waals surface area (Å²) in [5.41, 5.74) is 1.53. The first-order valence-corrected chi connectivity index (χ1v) is 10.2. The van der Waals surface area contributed by atoms with Crippen molar-refractivity contribution in [2.75, 3.05) is 38.3 Å². The minimum atomic E-state index is -0.348. The van der Waals surface area contributed by atoms with Gasteiger partial charge in [0.2, 0.25) is 0 Å². The van der Waals surface area contributed by atoms with Crippen LogP contribution in [0.15, 0.2) is 36.4 Å². The van der Waals surface area contributed by atoms with E-state index in [4.69, 9.17) is 9.47 Å². The first-order chi connectivity index (χ1) is 14.1. The molecule has 1 amide bonds. The molecule has 4 rings (SSSR count). The van der Waals surface area contributed by atoms with Gasteiger partial charge in [-0.2, -0.15) is 0 Å². The van der Waals surface area contributed by atoms with Crippen LogP contribution in [0.25, 0.3) is 0 Å². The highest BCUT2D eigenvalue weighted by molar-refractivity contribution is 6.10. The van der Waals surface area contributed by atoms with Gasteiger partial charge in [-0.3, -0.25) is 9.69 Å². The number of nitrogens with zero attached hydrogens (tertiary/aromatic N) is 2. The standard InChI is InChI=1S/C23H27FN2O3/c1-16-8-10-25(11-9-16)12-13-29-22-14-17(6-7-21(22)28-2)26-15-19-18(23(26)27)4-3-5-20(19)24/h3-7,14,16H,8-13,15H2,1-2H3. The van der Waals surface area contributed by atoms with Crippen LogP contribution in [0.4, 0.5) is 10.1 Å². The second-order valence-corrected chi connectivity index (χ2v) is 7.87. The van der Waals surface area contributed by atoms with Gasteiger partial charge >= 0.3 is 0 Å². The highest BCUT2D eigenvalue weighted by Gasteiger charge is 2.31. The van der Waals surface area contributed by atoms with Gasteiger partial charge in [-0.25, -0.2) is 4.39 Å². The number of benzene rings is 2. The van der Waals surface area contributed by atoms with Crippen molar-refractivity contribution in [2.24, 2.45) is 5.92 Å². The van der Waals surface area contributed by atoms with Gasteiger partial charge in [0, 0.05) is 29.4 Å². The molecule has 0 N–H and O–H groups in total. The van der Waals surface area contributed by atoms with Crippen LogP contribution in [0.2, 0.25) is 0 Å². The largest absolute Gasteiger partial charge is 0.493 e. The number of hydrogen-bond donors (Lipinski definition) is 0. The van der Waals surface area contributed by atoms with Gasteiger partial charge in [-0.15, -0.1) is 0 Å². The Labute approximate surface area is 171 Å². The minimum absolute atomic E-state index is 0.196. The van der Waals surface area contributed by atoms with Gasteiger partial charge in [0.05, 0.1) is 13.7 Å². The van der Waals surface area contributed by atoms with E-state index >= 15 is 0 Å². The normalized spacial score (nSPS) is 17.5. The highest BCUT2D eigenvalue weighted by Crippen LogP contribution is 2.36. The van der Waals surface area contributed by atoms with E-state index in [1.807, 2.05) is 0 Å². The summed E-state index contributed by atoms with van der Waals surface area (Å²) in [6.45, 7) is 6.14. The van der Waals surface area contributed by atoms with Crippen molar-refractivity contribution in [1.82, 2.24) is 4.90 Å². The third kappa shape index (κ3) is 4.08. The number of hydrogen-bond acceptors (Lipinski definition) is 4. The molecule has 0 aliphatic carbocycles. The number of halogens is 1. The molecule has 2 aromatic carbocycles. The monoisotopic (exact) mass is 398 g/mol. The van der Waals surface area contributed by atoms with E-state index < -0.39 is 0 Å². The molecule has 2 aliphatic rings. The van der Waals surface area contributed by atoms with E-state index in [2.05, 4.69) is 11.8 Å². The number of carbonyl (C=O) groups excluding carboxylic acids is 1. The summed E-state index contributed by atoms with van der Waals surface area (Å²) in [5.74, 6) is 1.48. The molecule has 0 aromatic heterocycles. The van der Waals surface area contributed by atoms with Crippen molar-refractivity contribution in [1.29, 1.82) is 0 Å². The Bertz CT molecular complexity index is 894. The Balaban J connectivity index is 1.46. The van der Waals surface area contributed by atoms with Crippen LogP contribution in [-0.4, -0.2) is 44.2 Å². The van der Waals surface area contributed by atoms with Gasteiger partial charge in [0.1, 0.15) is 12.4 Å². The molecule has 2 aromatic rings. The number of rotatable bonds is 6. The third-order valence-corrected chi connectivity index (χ3v) is 5.91. The average molecular weight is 398 g/mol. The highest BCUT2D eigenvalue weighted by atomic mass is 19.1. The summed E-state index contributed by atoms with van der Waals surface area (Å²) >= 11 is 0. The molecule has 0 radical (unpaired) electrons. The molecule has 1 saturated heterocycles. The summed E-state index contributed by atoms with van der Waals surface area (Å²) in [4.78, 5) is 16.7. The lowest BCUT2D eigenvalue weighted by Gasteiger charge is -2.30. The molecule has 2 aliphatic heterocycles. The first kappa shape index (κ1) is 19.7. The van der Waals surface area contributed by atoms with Crippen LogP contribution < -0.4 is 14.4 Å². The van der Waals surface area contributed by atoms with Crippen LogP contribution in [0.1, 0.15) is 35.7 Å². The third-order valence-electron chi connectivity index (χ3n) is 5.91. The van der Waals surface area contributed by atoms with E-state index in [1.54, 1.807) is 42.3 Å². The number of likely N-dealkylation sites (tertiary alicyclic amines) is 1. The summed E-state index contributed by atoms with van der Waals surface area (Å²) in [6, 6.07) is 10.0. The number of amides is 1. The van der Waals surface area contributed by atoms with Gasteiger partial charge in [-0.05, 0) is 56.1 Å². The number of methoxy groups -OCH3 is 1.